The molecule has 3 aliphatic rings. The van der Waals surface area contributed by atoms with Crippen LogP contribution >= 0.6 is 0 Å². The molecule has 1 saturated heterocycles. The number of hydrogen-bond acceptors (Lipinski definition) is 8. The van der Waals surface area contributed by atoms with Crippen LogP contribution < -0.4 is 14.4 Å². The van der Waals surface area contributed by atoms with Gasteiger partial charge in [-0.25, -0.2) is 0 Å². The third-order valence-electron chi connectivity index (χ3n) is 9.09. The molecule has 44 heavy (non-hydrogen) atoms. The van der Waals surface area contributed by atoms with Crippen molar-refractivity contribution in [2.75, 3.05) is 19.1 Å². The van der Waals surface area contributed by atoms with Crippen LogP contribution in [0, 0.1) is 15.5 Å². The van der Waals surface area contributed by atoms with Gasteiger partial charge in [-0.3, -0.25) is 24.5 Å². The van der Waals surface area contributed by atoms with E-state index in [1.165, 1.54) is 38.5 Å². The van der Waals surface area contributed by atoms with Crippen LogP contribution in [-0.4, -0.2) is 48.6 Å². The quantitative estimate of drug-likeness (QED) is 0.118. The minimum Gasteiger partial charge on any atom is -0.493 e. The Morgan fingerprint density at radius 2 is 1.52 bits per heavy atom. The monoisotopic (exact) mass is 586 g/mol. The largest absolute Gasteiger partial charge is 0.493 e. The average Bonchev–Trinajstić information content (AvgIpc) is 3.50. The summed E-state index contributed by atoms with van der Waals surface area (Å²) in [6.07, 6.45) is 3.71. The lowest BCUT2D eigenvalue weighted by molar-refractivity contribution is -0.384. The Bertz CT molecular complexity index is 1890. The number of non-ortho nitro benzene ring substituents is 1. The van der Waals surface area contributed by atoms with Crippen molar-refractivity contribution in [3.63, 3.8) is 0 Å². The highest BCUT2D eigenvalue weighted by molar-refractivity contribution is 6.32. The summed E-state index contributed by atoms with van der Waals surface area (Å²) in [5.41, 5.74) is 0.796. The summed E-state index contributed by atoms with van der Waals surface area (Å²) in [5, 5.41) is 11.7. The third kappa shape index (κ3) is 3.62. The topological polar surface area (TPSA) is 116 Å². The zero-order valence-corrected chi connectivity index (χ0v) is 23.8. The molecule has 1 aliphatic carbocycles. The lowest BCUT2D eigenvalue weighted by Crippen LogP contribution is -2.48. The maximum atomic E-state index is 14.8. The fraction of sp³-hybridized carbons (Fsp3) is 0.171. The van der Waals surface area contributed by atoms with Crippen molar-refractivity contribution in [1.29, 1.82) is 0 Å². The van der Waals surface area contributed by atoms with Crippen LogP contribution in [0.5, 0.6) is 11.5 Å². The fourth-order valence-corrected chi connectivity index (χ4v) is 7.28. The highest BCUT2D eigenvalue weighted by Crippen LogP contribution is 2.61. The van der Waals surface area contributed by atoms with Gasteiger partial charge in [0.25, 0.3) is 5.69 Å². The van der Waals surface area contributed by atoms with Crippen LogP contribution in [-0.2, 0) is 0 Å². The van der Waals surface area contributed by atoms with Gasteiger partial charge in [0, 0.05) is 40.4 Å². The Morgan fingerprint density at radius 1 is 0.841 bits per heavy atom. The van der Waals surface area contributed by atoms with Gasteiger partial charge in [0.2, 0.25) is 0 Å². The van der Waals surface area contributed by atoms with Crippen LogP contribution in [0.3, 0.4) is 0 Å². The number of rotatable bonds is 6. The van der Waals surface area contributed by atoms with E-state index in [0.29, 0.717) is 33.9 Å². The van der Waals surface area contributed by atoms with Crippen molar-refractivity contribution in [1.82, 2.24) is 0 Å². The molecule has 1 fully saturated rings. The van der Waals surface area contributed by atoms with Crippen LogP contribution in [0.2, 0.25) is 0 Å². The third-order valence-corrected chi connectivity index (χ3v) is 9.09. The van der Waals surface area contributed by atoms with Crippen molar-refractivity contribution < 1.29 is 28.8 Å². The van der Waals surface area contributed by atoms with Gasteiger partial charge < -0.3 is 14.4 Å². The van der Waals surface area contributed by atoms with Crippen molar-refractivity contribution >= 4 is 34.8 Å². The summed E-state index contributed by atoms with van der Waals surface area (Å²) in [6.45, 7) is 0. The van der Waals surface area contributed by atoms with E-state index in [-0.39, 0.29) is 22.8 Å². The predicted molar refractivity (Wildman–Crippen MR) is 163 cm³/mol. The molecule has 7 rings (SSSR count). The Morgan fingerprint density at radius 3 is 2.20 bits per heavy atom. The fourth-order valence-electron chi connectivity index (χ4n) is 7.28. The molecular weight excluding hydrogens is 560 g/mol. The number of anilines is 1. The Hall–Kier alpha value is -5.57. The van der Waals surface area contributed by atoms with E-state index >= 15 is 0 Å². The van der Waals surface area contributed by atoms with Gasteiger partial charge in [-0.1, -0.05) is 72.8 Å². The minimum absolute atomic E-state index is 0.105. The number of nitro benzene ring substituents is 1. The molecule has 2 heterocycles. The van der Waals surface area contributed by atoms with Gasteiger partial charge in [0.1, 0.15) is 11.5 Å². The second-order valence-corrected chi connectivity index (χ2v) is 11.1. The number of carbonyl (C=O) groups is 3. The first-order valence-corrected chi connectivity index (χ1v) is 14.1. The van der Waals surface area contributed by atoms with Gasteiger partial charge in [-0.05, 0) is 29.3 Å². The molecule has 218 valence electrons. The van der Waals surface area contributed by atoms with Gasteiger partial charge in [-0.2, -0.15) is 0 Å². The van der Waals surface area contributed by atoms with Crippen molar-refractivity contribution in [3.05, 3.63) is 135 Å². The smallest absolute Gasteiger partial charge is 0.270 e. The number of nitrogens with zero attached hydrogens (tertiary/aromatic N) is 2. The van der Waals surface area contributed by atoms with Crippen LogP contribution in [0.15, 0.2) is 97.1 Å². The molecule has 0 amide bonds. The molecule has 0 radical (unpaired) electrons. The van der Waals surface area contributed by atoms with E-state index in [1.807, 2.05) is 41.3 Å². The zero-order chi connectivity index (χ0) is 30.7. The van der Waals surface area contributed by atoms with Crippen LogP contribution in [0.4, 0.5) is 11.4 Å². The molecule has 0 N–H and O–H groups in total. The molecule has 4 aromatic rings. The van der Waals surface area contributed by atoms with E-state index in [9.17, 15) is 24.5 Å². The molecule has 9 heteroatoms. The molecule has 9 nitrogen and oxygen atoms in total. The molecular formula is C35H26N2O7. The van der Waals surface area contributed by atoms with E-state index in [0.717, 1.165) is 5.56 Å². The van der Waals surface area contributed by atoms with E-state index in [2.05, 4.69) is 0 Å². The summed E-state index contributed by atoms with van der Waals surface area (Å²) in [5.74, 6) is -1.37. The first-order valence-electron chi connectivity index (χ1n) is 14.1. The number of benzene rings is 4. The molecule has 0 unspecified atom stereocenters. The number of ketones is 3. The molecule has 0 saturated carbocycles. The number of carbonyl (C=O) groups excluding carboxylic acids is 3. The Balaban J connectivity index is 1.55. The number of para-hydroxylation sites is 1. The molecule has 1 spiro atoms. The standard InChI is InChI=1S/C35H26N2O7/c1-43-27-16-14-21(19-28(27)44-2)30-31(32(38)22-9-7-10-23(18-22)37(41)42)36-26-13-6-3-8-20(26)15-17-29(36)35(30)33(39)24-11-4-5-12-25(24)34(35)40/h3-19,29-31H,1-2H3/t29-,30+,31-/m0/s1. The van der Waals surface area contributed by atoms with E-state index in [4.69, 9.17) is 9.47 Å². The highest BCUT2D eigenvalue weighted by atomic mass is 16.6. The summed E-state index contributed by atoms with van der Waals surface area (Å²) in [6, 6.07) is 23.0. The SMILES string of the molecule is COc1ccc([C@@H]2[C@@H](C(=O)c3cccc([N+](=O)[O-])c3)N3c4ccccc4C=C[C@H]3C23C(=O)c2ccccc2C3=O)cc1OC. The van der Waals surface area contributed by atoms with E-state index < -0.39 is 34.1 Å². The number of hydrogen-bond donors (Lipinski definition) is 0. The minimum atomic E-state index is -1.71. The number of methoxy groups -OCH3 is 2. The van der Waals surface area contributed by atoms with Gasteiger partial charge in [0.15, 0.2) is 28.8 Å². The van der Waals surface area contributed by atoms with Crippen molar-refractivity contribution in [2.24, 2.45) is 5.41 Å². The summed E-state index contributed by atoms with van der Waals surface area (Å²) in [4.78, 5) is 57.3. The lowest BCUT2D eigenvalue weighted by atomic mass is 9.64. The molecule has 0 aromatic heterocycles. The van der Waals surface area contributed by atoms with Crippen molar-refractivity contribution in [3.8, 4) is 11.5 Å². The average molecular weight is 587 g/mol. The number of Topliss-reactive ketones (excluding diaryl/α,β-unsaturated/α-hetero) is 3. The van der Waals surface area contributed by atoms with Gasteiger partial charge >= 0.3 is 0 Å². The summed E-state index contributed by atoms with van der Waals surface area (Å²) in [7, 11) is 2.99. The lowest BCUT2D eigenvalue weighted by Gasteiger charge is -2.37. The van der Waals surface area contributed by atoms with Crippen molar-refractivity contribution in [2.45, 2.75) is 18.0 Å². The summed E-state index contributed by atoms with van der Waals surface area (Å²) >= 11 is 0. The number of ether oxygens (including phenoxy) is 2. The number of fused-ring (bicyclic) bond motifs is 5. The number of nitro groups is 1. The van der Waals surface area contributed by atoms with Gasteiger partial charge in [-0.15, -0.1) is 0 Å². The maximum absolute atomic E-state index is 14.8. The van der Waals surface area contributed by atoms with Crippen LogP contribution in [0.25, 0.3) is 6.08 Å². The van der Waals surface area contributed by atoms with Gasteiger partial charge in [0.05, 0.1) is 25.2 Å². The first-order chi connectivity index (χ1) is 21.3. The van der Waals surface area contributed by atoms with E-state index in [1.54, 1.807) is 42.5 Å². The van der Waals surface area contributed by atoms with Crippen LogP contribution in [0.1, 0.15) is 48.1 Å². The predicted octanol–water partition coefficient (Wildman–Crippen LogP) is 5.93. The molecule has 4 aromatic carbocycles. The summed E-state index contributed by atoms with van der Waals surface area (Å²) < 4.78 is 11.1. The zero-order valence-electron chi connectivity index (χ0n) is 23.8. The Kier molecular flexibility index (Phi) is 6.21. The normalized spacial score (nSPS) is 20.7. The first kappa shape index (κ1) is 27.3. The second-order valence-electron chi connectivity index (χ2n) is 11.1. The molecule has 2 aliphatic heterocycles. The molecule has 3 atom stereocenters. The molecule has 0 bridgehead atoms. The second kappa shape index (κ2) is 10.0. The maximum Gasteiger partial charge on any atom is 0.270 e. The Labute approximate surface area is 252 Å². The highest BCUT2D eigenvalue weighted by Gasteiger charge is 2.71.